The van der Waals surface area contributed by atoms with Crippen LogP contribution in [0.15, 0.2) is 28.7 Å². The standard InChI is InChI=1S/C16H19N5OS/c1-12-18-19-15(22-12)10-20-6-8-21(9-7-20)11-16-17-13-4-2-3-5-14(13)23-16/h2-5H,6-11H2,1H3. The van der Waals surface area contributed by atoms with Crippen LogP contribution in [0.5, 0.6) is 0 Å². The third-order valence-electron chi connectivity index (χ3n) is 4.09. The van der Waals surface area contributed by atoms with Gasteiger partial charge in [0.15, 0.2) is 0 Å². The first-order valence-corrected chi connectivity index (χ1v) is 8.66. The highest BCUT2D eigenvalue weighted by molar-refractivity contribution is 7.18. The second kappa shape index (κ2) is 6.35. The van der Waals surface area contributed by atoms with Crippen LogP contribution in [-0.2, 0) is 13.1 Å². The van der Waals surface area contributed by atoms with E-state index >= 15 is 0 Å². The summed E-state index contributed by atoms with van der Waals surface area (Å²) >= 11 is 1.80. The van der Waals surface area contributed by atoms with Gasteiger partial charge in [-0.15, -0.1) is 21.5 Å². The fourth-order valence-electron chi connectivity index (χ4n) is 2.88. The van der Waals surface area contributed by atoms with Crippen LogP contribution in [0.3, 0.4) is 0 Å². The van der Waals surface area contributed by atoms with E-state index in [-0.39, 0.29) is 0 Å². The van der Waals surface area contributed by atoms with Gasteiger partial charge >= 0.3 is 0 Å². The third-order valence-corrected chi connectivity index (χ3v) is 5.11. The first-order valence-electron chi connectivity index (χ1n) is 7.84. The molecule has 2 aromatic heterocycles. The molecule has 0 spiro atoms. The van der Waals surface area contributed by atoms with E-state index in [4.69, 9.17) is 9.40 Å². The molecule has 3 aromatic rings. The Morgan fingerprint density at radius 3 is 2.48 bits per heavy atom. The molecule has 6 nitrogen and oxygen atoms in total. The number of rotatable bonds is 4. The first kappa shape index (κ1) is 14.7. The van der Waals surface area contributed by atoms with Gasteiger partial charge in [0.1, 0.15) is 5.01 Å². The maximum atomic E-state index is 5.46. The van der Waals surface area contributed by atoms with Crippen LogP contribution in [0.1, 0.15) is 16.8 Å². The van der Waals surface area contributed by atoms with E-state index in [1.54, 1.807) is 11.3 Å². The molecule has 1 fully saturated rings. The predicted octanol–water partition coefficient (Wildman–Crippen LogP) is 2.31. The molecule has 0 amide bonds. The van der Waals surface area contributed by atoms with Gasteiger partial charge in [0.2, 0.25) is 11.8 Å². The fourth-order valence-corrected chi connectivity index (χ4v) is 3.89. The second-order valence-electron chi connectivity index (χ2n) is 5.84. The number of hydrogen-bond donors (Lipinski definition) is 0. The van der Waals surface area contributed by atoms with Crippen LogP contribution in [0.25, 0.3) is 10.2 Å². The number of hydrogen-bond acceptors (Lipinski definition) is 7. The van der Waals surface area contributed by atoms with Crippen molar-refractivity contribution in [3.8, 4) is 0 Å². The predicted molar refractivity (Wildman–Crippen MR) is 89.2 cm³/mol. The smallest absolute Gasteiger partial charge is 0.230 e. The quantitative estimate of drug-likeness (QED) is 0.732. The van der Waals surface area contributed by atoms with Gasteiger partial charge in [-0.3, -0.25) is 9.80 Å². The zero-order chi connectivity index (χ0) is 15.6. The minimum atomic E-state index is 0.634. The molecule has 3 heterocycles. The van der Waals surface area contributed by atoms with Crippen LogP contribution in [-0.4, -0.2) is 51.2 Å². The van der Waals surface area contributed by atoms with Crippen molar-refractivity contribution >= 4 is 21.6 Å². The van der Waals surface area contributed by atoms with Crippen molar-refractivity contribution in [2.75, 3.05) is 26.2 Å². The molecule has 0 unspecified atom stereocenters. The largest absolute Gasteiger partial charge is 0.424 e. The molecule has 0 atom stereocenters. The minimum absolute atomic E-state index is 0.634. The summed E-state index contributed by atoms with van der Waals surface area (Å²) in [7, 11) is 0. The summed E-state index contributed by atoms with van der Waals surface area (Å²) in [4.78, 5) is 9.55. The van der Waals surface area contributed by atoms with Gasteiger partial charge in [-0.05, 0) is 12.1 Å². The molecule has 23 heavy (non-hydrogen) atoms. The van der Waals surface area contributed by atoms with Gasteiger partial charge in [0.25, 0.3) is 0 Å². The van der Waals surface area contributed by atoms with Crippen molar-refractivity contribution in [1.82, 2.24) is 25.0 Å². The number of nitrogens with zero attached hydrogens (tertiary/aromatic N) is 5. The molecule has 0 bridgehead atoms. The molecule has 7 heteroatoms. The molecular weight excluding hydrogens is 310 g/mol. The van der Waals surface area contributed by atoms with Gasteiger partial charge in [-0.25, -0.2) is 4.98 Å². The number of aromatic nitrogens is 3. The third kappa shape index (κ3) is 3.41. The molecule has 0 saturated carbocycles. The summed E-state index contributed by atoms with van der Waals surface area (Å²) < 4.78 is 6.73. The lowest BCUT2D eigenvalue weighted by Crippen LogP contribution is -2.45. The lowest BCUT2D eigenvalue weighted by molar-refractivity contribution is 0.114. The molecular formula is C16H19N5OS. The Bertz CT molecular complexity index is 757. The Hall–Kier alpha value is -1.83. The average molecular weight is 329 g/mol. The summed E-state index contributed by atoms with van der Waals surface area (Å²) in [6.07, 6.45) is 0. The van der Waals surface area contributed by atoms with E-state index < -0.39 is 0 Å². The second-order valence-corrected chi connectivity index (χ2v) is 6.96. The fraction of sp³-hybridized carbons (Fsp3) is 0.438. The van der Waals surface area contributed by atoms with Gasteiger partial charge in [-0.2, -0.15) is 0 Å². The number of benzene rings is 1. The van der Waals surface area contributed by atoms with E-state index in [1.807, 2.05) is 13.0 Å². The van der Waals surface area contributed by atoms with Crippen LogP contribution in [0.2, 0.25) is 0 Å². The lowest BCUT2D eigenvalue weighted by Gasteiger charge is -2.33. The van der Waals surface area contributed by atoms with E-state index in [2.05, 4.69) is 38.2 Å². The Labute approximate surface area is 138 Å². The first-order chi connectivity index (χ1) is 11.3. The van der Waals surface area contributed by atoms with Crippen LogP contribution < -0.4 is 0 Å². The number of para-hydroxylation sites is 1. The topological polar surface area (TPSA) is 58.3 Å². The molecule has 1 aromatic carbocycles. The summed E-state index contributed by atoms with van der Waals surface area (Å²) in [6.45, 7) is 7.64. The molecule has 1 aliphatic rings. The zero-order valence-electron chi connectivity index (χ0n) is 13.1. The highest BCUT2D eigenvalue weighted by Gasteiger charge is 2.19. The van der Waals surface area contributed by atoms with Crippen LogP contribution in [0, 0.1) is 6.92 Å². The van der Waals surface area contributed by atoms with Crippen molar-refractivity contribution in [1.29, 1.82) is 0 Å². The average Bonchev–Trinajstić information content (AvgIpc) is 3.14. The van der Waals surface area contributed by atoms with E-state index in [0.29, 0.717) is 11.8 Å². The maximum absolute atomic E-state index is 5.46. The zero-order valence-corrected chi connectivity index (χ0v) is 13.9. The Kier molecular flexibility index (Phi) is 4.07. The van der Waals surface area contributed by atoms with Crippen molar-refractivity contribution in [3.05, 3.63) is 41.1 Å². The van der Waals surface area contributed by atoms with E-state index in [9.17, 15) is 0 Å². The Morgan fingerprint density at radius 2 is 1.78 bits per heavy atom. The van der Waals surface area contributed by atoms with E-state index in [0.717, 1.165) is 44.8 Å². The minimum Gasteiger partial charge on any atom is -0.424 e. The van der Waals surface area contributed by atoms with Gasteiger partial charge in [0, 0.05) is 33.1 Å². The van der Waals surface area contributed by atoms with Crippen molar-refractivity contribution in [3.63, 3.8) is 0 Å². The summed E-state index contributed by atoms with van der Waals surface area (Å²) in [5.74, 6) is 1.34. The Morgan fingerprint density at radius 1 is 1.04 bits per heavy atom. The molecule has 1 aliphatic heterocycles. The summed E-state index contributed by atoms with van der Waals surface area (Å²) in [6, 6.07) is 8.34. The van der Waals surface area contributed by atoms with E-state index in [1.165, 1.54) is 9.71 Å². The number of aryl methyl sites for hydroxylation is 1. The van der Waals surface area contributed by atoms with Crippen molar-refractivity contribution in [2.45, 2.75) is 20.0 Å². The molecule has 120 valence electrons. The van der Waals surface area contributed by atoms with Crippen LogP contribution in [0.4, 0.5) is 0 Å². The van der Waals surface area contributed by atoms with Crippen molar-refractivity contribution < 1.29 is 4.42 Å². The monoisotopic (exact) mass is 329 g/mol. The molecule has 4 rings (SSSR count). The normalized spacial score (nSPS) is 17.1. The molecule has 1 saturated heterocycles. The van der Waals surface area contributed by atoms with Gasteiger partial charge in [-0.1, -0.05) is 12.1 Å². The van der Waals surface area contributed by atoms with Crippen LogP contribution >= 0.6 is 11.3 Å². The van der Waals surface area contributed by atoms with Gasteiger partial charge < -0.3 is 4.42 Å². The number of thiazole rings is 1. The molecule has 0 N–H and O–H groups in total. The summed E-state index contributed by atoms with van der Waals surface area (Å²) in [5.41, 5.74) is 1.11. The number of fused-ring (bicyclic) bond motifs is 1. The van der Waals surface area contributed by atoms with Gasteiger partial charge in [0.05, 0.1) is 23.3 Å². The molecule has 0 aliphatic carbocycles. The highest BCUT2D eigenvalue weighted by Crippen LogP contribution is 2.23. The molecule has 0 radical (unpaired) electrons. The SMILES string of the molecule is Cc1nnc(CN2CCN(Cc3nc4ccccc4s3)CC2)o1. The number of piperazine rings is 1. The Balaban J connectivity index is 1.32. The maximum Gasteiger partial charge on any atom is 0.230 e. The highest BCUT2D eigenvalue weighted by atomic mass is 32.1. The summed E-state index contributed by atoms with van der Waals surface area (Å²) in [5, 5.41) is 9.15. The van der Waals surface area contributed by atoms with Crippen molar-refractivity contribution in [2.24, 2.45) is 0 Å². The lowest BCUT2D eigenvalue weighted by atomic mass is 10.3.